The van der Waals surface area contributed by atoms with Crippen molar-refractivity contribution < 1.29 is 43.6 Å². The normalized spacial score (nSPS) is 13.1. The Morgan fingerprint density at radius 2 is 1.12 bits per heavy atom. The Morgan fingerprint density at radius 1 is 0.559 bits per heavy atom. The van der Waals surface area contributed by atoms with Crippen LogP contribution in [0.15, 0.2) is 182 Å². The number of pyridine rings is 4. The molecule has 3 N–H and O–H groups in total. The van der Waals surface area contributed by atoms with E-state index in [-0.39, 0.29) is 25.2 Å². The predicted octanol–water partition coefficient (Wildman–Crippen LogP) is 14.3. The molecule has 25 heteroatoms. The fraction of sp³-hybridized carbons (Fsp3) is 0.250. The molecule has 0 bridgehead atoms. The minimum atomic E-state index is -3.36. The Balaban J connectivity index is 0.000000200. The zero-order valence-electron chi connectivity index (χ0n) is 53.0. The number of nitrogens with one attached hydrogen (secondary N) is 1. The molecular weight excluding hydrogens is 1240 g/mol. The van der Waals surface area contributed by atoms with Gasteiger partial charge in [-0.15, -0.1) is 31.0 Å². The molecule has 1 aliphatic heterocycles. The highest BCUT2D eigenvalue weighted by molar-refractivity contribution is 8.24. The largest absolute Gasteiger partial charge is 0.416 e. The molecule has 0 spiro atoms. The lowest BCUT2D eigenvalue weighted by Gasteiger charge is -2.34. The first-order valence-electron chi connectivity index (χ1n) is 29.9. The van der Waals surface area contributed by atoms with Gasteiger partial charge < -0.3 is 18.7 Å². The summed E-state index contributed by atoms with van der Waals surface area (Å²) in [6.45, 7) is 17.8. The first kappa shape index (κ1) is 66.6. The summed E-state index contributed by atoms with van der Waals surface area (Å²) in [5.74, 6) is 2.39. The van der Waals surface area contributed by atoms with Gasteiger partial charge in [0.2, 0.25) is 33.6 Å². The highest BCUT2D eigenvalue weighted by Crippen LogP contribution is 2.51. The molecule has 0 saturated carbocycles. The molecule has 93 heavy (non-hydrogen) atoms. The number of hydrogen-bond donors (Lipinski definition) is 3. The number of sulfonamides is 1. The lowest BCUT2D eigenvalue weighted by Crippen LogP contribution is -2.35. The van der Waals surface area contributed by atoms with Crippen LogP contribution in [0.3, 0.4) is 0 Å². The number of sulfone groups is 1. The molecular formula is C68H77N13O9S3. The van der Waals surface area contributed by atoms with Crippen molar-refractivity contribution in [2.45, 2.75) is 95.7 Å². The van der Waals surface area contributed by atoms with Gasteiger partial charge >= 0.3 is 0 Å². The third-order valence-electron chi connectivity index (χ3n) is 15.5. The van der Waals surface area contributed by atoms with Gasteiger partial charge in [-0.05, 0) is 147 Å². The minimum Gasteiger partial charge on any atom is -0.416 e. The molecule has 0 unspecified atom stereocenters. The number of nitrogens with zero attached hydrogens (tertiary/aromatic N) is 12. The molecule has 0 aliphatic carbocycles. The summed E-state index contributed by atoms with van der Waals surface area (Å²) in [6.07, 6.45) is 12.1. The van der Waals surface area contributed by atoms with Crippen LogP contribution in [0.1, 0.15) is 79.1 Å². The zero-order valence-corrected chi connectivity index (χ0v) is 55.5. The first-order chi connectivity index (χ1) is 44.5. The van der Waals surface area contributed by atoms with E-state index in [0.717, 1.165) is 79.4 Å². The van der Waals surface area contributed by atoms with Crippen molar-refractivity contribution in [3.63, 3.8) is 0 Å². The lowest BCUT2D eigenvalue weighted by molar-refractivity contribution is 0.434. The van der Waals surface area contributed by atoms with Crippen molar-refractivity contribution in [3.05, 3.63) is 192 Å². The molecule has 1 aliphatic rings. The van der Waals surface area contributed by atoms with Gasteiger partial charge in [-0.1, -0.05) is 71.4 Å². The molecule has 12 rings (SSSR count). The summed E-state index contributed by atoms with van der Waals surface area (Å²) in [5, 5.41) is 23.4. The summed E-state index contributed by atoms with van der Waals surface area (Å²) in [7, 11) is -7.61. The molecule has 0 radical (unpaired) electrons. The SMILES string of the molecule is CCS(=O)(=O)N1CC=C(c2cnc(C)c(-c3nnc(-c4ccccc4)o3)c2)CC1.CNCc1ccc(-c2nnc(-c3cc(-c4cnc(S(O)(O)C(C)C)cn4)cnc3C)o2)cc1.Cc1ccc(-c2cc(-c3cc(-c4ccc(S(=O)(=O)C(C)C)cn4)cnc3C)on2)cc1.[HH].[HH].[HH]. The first-order valence-corrected chi connectivity index (χ1v) is 34.7. The zero-order chi connectivity index (χ0) is 66.2. The van der Waals surface area contributed by atoms with Crippen molar-refractivity contribution in [2.75, 3.05) is 25.9 Å². The Labute approximate surface area is 546 Å². The molecule has 11 aromatic rings. The summed E-state index contributed by atoms with van der Waals surface area (Å²) < 4.78 is 88.3. The maximum atomic E-state index is 12.3. The van der Waals surface area contributed by atoms with E-state index in [1.807, 2.05) is 150 Å². The lowest BCUT2D eigenvalue weighted by atomic mass is 9.99. The number of aryl methyl sites for hydroxylation is 4. The second-order valence-corrected chi connectivity index (χ2v) is 29.8. The summed E-state index contributed by atoms with van der Waals surface area (Å²) in [6, 6.07) is 36.6. The smallest absolute Gasteiger partial charge is 0.250 e. The molecule has 3 aromatic carbocycles. The van der Waals surface area contributed by atoms with Crippen LogP contribution >= 0.6 is 10.6 Å². The second kappa shape index (κ2) is 28.7. The van der Waals surface area contributed by atoms with Crippen molar-refractivity contribution in [2.24, 2.45) is 0 Å². The average molecular weight is 1320 g/mol. The van der Waals surface area contributed by atoms with E-state index in [0.29, 0.717) is 71.3 Å². The van der Waals surface area contributed by atoms with E-state index in [4.69, 9.17) is 13.4 Å². The van der Waals surface area contributed by atoms with E-state index in [2.05, 4.69) is 60.8 Å². The highest BCUT2D eigenvalue weighted by Gasteiger charge is 2.26. The van der Waals surface area contributed by atoms with Gasteiger partial charge in [-0.25, -0.2) is 21.8 Å². The Morgan fingerprint density at radius 3 is 1.67 bits per heavy atom. The third-order valence-corrected chi connectivity index (χ3v) is 21.6. The Kier molecular flexibility index (Phi) is 20.5. The molecule has 22 nitrogen and oxygen atoms in total. The van der Waals surface area contributed by atoms with Crippen LogP contribution < -0.4 is 5.32 Å². The molecule has 0 saturated heterocycles. The fourth-order valence-electron chi connectivity index (χ4n) is 9.65. The molecule has 0 fully saturated rings. The van der Waals surface area contributed by atoms with Gasteiger partial charge in [-0.2, -0.15) is 4.31 Å². The van der Waals surface area contributed by atoms with Gasteiger partial charge in [0.15, 0.2) is 20.6 Å². The van der Waals surface area contributed by atoms with Gasteiger partial charge in [0, 0.05) is 110 Å². The van der Waals surface area contributed by atoms with Crippen LogP contribution in [0.25, 0.3) is 96.5 Å². The number of aromatic nitrogens is 11. The Bertz CT molecular complexity index is 4680. The van der Waals surface area contributed by atoms with Crippen molar-refractivity contribution in [1.82, 2.24) is 65.1 Å². The van der Waals surface area contributed by atoms with Crippen LogP contribution in [0.5, 0.6) is 0 Å². The topological polar surface area (TPSA) is 305 Å². The molecule has 9 heterocycles. The van der Waals surface area contributed by atoms with E-state index in [9.17, 15) is 25.9 Å². The monoisotopic (exact) mass is 1320 g/mol. The third kappa shape index (κ3) is 15.4. The van der Waals surface area contributed by atoms with Crippen LogP contribution in [0.2, 0.25) is 0 Å². The molecule has 0 atom stereocenters. The predicted molar refractivity (Wildman–Crippen MR) is 366 cm³/mol. The van der Waals surface area contributed by atoms with Gasteiger partial charge in [-0.3, -0.25) is 34.0 Å². The molecule has 0 amide bonds. The highest BCUT2D eigenvalue weighted by atomic mass is 32.3. The average Bonchev–Trinajstić information content (AvgIpc) is 1.49. The van der Waals surface area contributed by atoms with E-state index < -0.39 is 35.7 Å². The van der Waals surface area contributed by atoms with Crippen LogP contribution in [0.4, 0.5) is 0 Å². The second-order valence-electron chi connectivity index (χ2n) is 22.5. The van der Waals surface area contributed by atoms with E-state index in [1.54, 1.807) is 59.1 Å². The number of rotatable bonds is 17. The quantitative estimate of drug-likeness (QED) is 0.0763. The fourth-order valence-corrected chi connectivity index (χ4v) is 12.6. The van der Waals surface area contributed by atoms with E-state index >= 15 is 0 Å². The summed E-state index contributed by atoms with van der Waals surface area (Å²) in [5.41, 5.74) is 15.0. The van der Waals surface area contributed by atoms with Crippen LogP contribution in [0, 0.1) is 27.7 Å². The molecule has 486 valence electrons. The van der Waals surface area contributed by atoms with Crippen molar-refractivity contribution in [1.29, 1.82) is 0 Å². The maximum absolute atomic E-state index is 12.3. The van der Waals surface area contributed by atoms with Gasteiger partial charge in [0.05, 0.1) is 50.8 Å². The summed E-state index contributed by atoms with van der Waals surface area (Å²) in [4.78, 5) is 26.6. The van der Waals surface area contributed by atoms with Crippen LogP contribution in [-0.2, 0) is 26.4 Å². The standard InChI is InChI=1S/C24H23N3O3S.C23H26N6O3S.C21H22N4O3S.3H2/c1-15(2)31(28,29)20-9-10-22(26-14-20)19-11-21(17(4)25-13-19)24-12-23(27-30-24)18-7-5-16(3)6-8-18;1-14(2)33(30,31)21-13-26-20(12-27-21)18-9-19(15(3)25-11-18)23-29-28-22(32-23)17-7-5-16(6-8-17)10-24-4;1-3-29(26,27)25-11-9-16(10-12-25)18-13-19(15(2)22-14-18)21-24-23-20(28-21)17-7-5-4-6-8-17;;;/h5-15H,1-4H3;5-9,11-14,24,30-31H,10H2,1-4H3;4-9,13-14H,3,10-12H2,1-2H3;3*1H. The van der Waals surface area contributed by atoms with E-state index in [1.165, 1.54) is 28.5 Å². The minimum absolute atomic E-state index is 0. The Hall–Kier alpha value is -9.34. The van der Waals surface area contributed by atoms with Crippen LogP contribution in [-0.4, -0.2) is 122 Å². The van der Waals surface area contributed by atoms with Crippen molar-refractivity contribution >= 4 is 36.0 Å². The van der Waals surface area contributed by atoms with Gasteiger partial charge in [0.1, 0.15) is 5.69 Å². The van der Waals surface area contributed by atoms with Gasteiger partial charge in [0.25, 0.3) is 0 Å². The molecule has 8 aromatic heterocycles. The summed E-state index contributed by atoms with van der Waals surface area (Å²) >= 11 is 0. The van der Waals surface area contributed by atoms with Crippen molar-refractivity contribution in [3.8, 4) is 90.9 Å². The number of benzene rings is 3. The maximum Gasteiger partial charge on any atom is 0.250 e. The number of hydrogen-bond acceptors (Lipinski definition) is 21.